The van der Waals surface area contributed by atoms with Gasteiger partial charge in [-0.1, -0.05) is 19.1 Å². The number of pyridine rings is 1. The number of rotatable bonds is 6. The van der Waals surface area contributed by atoms with Crippen LogP contribution in [0.1, 0.15) is 44.4 Å². The summed E-state index contributed by atoms with van der Waals surface area (Å²) in [5.74, 6) is 1.10. The van der Waals surface area contributed by atoms with Crippen LogP contribution in [0.2, 0.25) is 0 Å². The van der Waals surface area contributed by atoms with Gasteiger partial charge in [-0.05, 0) is 65.4 Å². The topological polar surface area (TPSA) is 60.8 Å². The van der Waals surface area contributed by atoms with Crippen LogP contribution in [0.15, 0.2) is 17.3 Å². The van der Waals surface area contributed by atoms with Gasteiger partial charge in [-0.15, -0.1) is 0 Å². The Hall–Kier alpha value is -2.21. The molecular weight excluding hydrogens is 362 g/mol. The Morgan fingerprint density at radius 2 is 2.10 bits per heavy atom. The highest BCUT2D eigenvalue weighted by atomic mass is 16.1. The van der Waals surface area contributed by atoms with Gasteiger partial charge in [0.1, 0.15) is 0 Å². The zero-order valence-electron chi connectivity index (χ0n) is 18.3. The Morgan fingerprint density at radius 3 is 2.76 bits per heavy atom. The fourth-order valence-electron chi connectivity index (χ4n) is 4.53. The highest BCUT2D eigenvalue weighted by Crippen LogP contribution is 2.35. The second-order valence-corrected chi connectivity index (χ2v) is 8.66. The number of likely N-dealkylation sites (tertiary alicyclic amines) is 1. The van der Waals surface area contributed by atoms with E-state index in [-0.39, 0.29) is 11.9 Å². The van der Waals surface area contributed by atoms with Crippen LogP contribution in [-0.2, 0) is 4.79 Å². The van der Waals surface area contributed by atoms with Gasteiger partial charge in [-0.2, -0.15) is 0 Å². The molecule has 0 spiro atoms. The number of hydrogen-bond acceptors (Lipinski definition) is 5. The normalized spacial score (nSPS) is 23.7. The Balaban J connectivity index is 1.66. The van der Waals surface area contributed by atoms with Gasteiger partial charge in [0.25, 0.3) is 0 Å². The number of hydrogen-bond donors (Lipinski definition) is 1. The Kier molecular flexibility index (Phi) is 7.06. The Labute approximate surface area is 175 Å². The number of carbonyl (C=O) groups excluding carboxylic acids is 1. The summed E-state index contributed by atoms with van der Waals surface area (Å²) in [7, 11) is 2.15. The van der Waals surface area contributed by atoms with Crippen LogP contribution in [0.4, 0.5) is 11.4 Å². The molecule has 2 aliphatic heterocycles. The first-order valence-electron chi connectivity index (χ1n) is 10.7. The second-order valence-electron chi connectivity index (χ2n) is 8.66. The molecule has 158 valence electrons. The van der Waals surface area contributed by atoms with E-state index in [0.717, 1.165) is 61.7 Å². The predicted molar refractivity (Wildman–Crippen MR) is 121 cm³/mol. The van der Waals surface area contributed by atoms with E-state index in [1.54, 1.807) is 0 Å². The zero-order chi connectivity index (χ0) is 21.0. The summed E-state index contributed by atoms with van der Waals surface area (Å²) in [6.07, 6.45) is 8.91. The van der Waals surface area contributed by atoms with E-state index < -0.39 is 0 Å². The van der Waals surface area contributed by atoms with Crippen molar-refractivity contribution in [1.29, 1.82) is 0 Å². The van der Waals surface area contributed by atoms with Gasteiger partial charge < -0.3 is 15.1 Å². The second kappa shape index (κ2) is 9.53. The lowest BCUT2D eigenvalue weighted by atomic mass is 9.93. The van der Waals surface area contributed by atoms with E-state index in [4.69, 9.17) is 0 Å². The lowest BCUT2D eigenvalue weighted by molar-refractivity contribution is -0.123. The third kappa shape index (κ3) is 5.04. The minimum atomic E-state index is 0.161. The van der Waals surface area contributed by atoms with Gasteiger partial charge in [0.05, 0.1) is 29.3 Å². The number of allylic oxidation sites excluding steroid dienone is 1. The van der Waals surface area contributed by atoms with Crippen molar-refractivity contribution in [3.05, 3.63) is 23.5 Å². The van der Waals surface area contributed by atoms with E-state index in [0.29, 0.717) is 18.3 Å². The number of anilines is 1. The summed E-state index contributed by atoms with van der Waals surface area (Å²) in [5.41, 5.74) is 3.84. The molecule has 0 aromatic carbocycles. The van der Waals surface area contributed by atoms with Crippen molar-refractivity contribution < 1.29 is 4.79 Å². The number of aromatic nitrogens is 1. The van der Waals surface area contributed by atoms with Gasteiger partial charge in [-0.25, -0.2) is 0 Å². The minimum Gasteiger partial charge on any atom is -0.367 e. The van der Waals surface area contributed by atoms with E-state index in [1.165, 1.54) is 0 Å². The van der Waals surface area contributed by atoms with Crippen LogP contribution in [0, 0.1) is 18.8 Å². The molecule has 3 heterocycles. The molecule has 0 bridgehead atoms. The number of aryl methyl sites for hydroxylation is 1. The van der Waals surface area contributed by atoms with Crippen molar-refractivity contribution in [3.63, 3.8) is 0 Å². The third-order valence-corrected chi connectivity index (χ3v) is 6.36. The van der Waals surface area contributed by atoms with Crippen molar-refractivity contribution in [2.24, 2.45) is 16.8 Å². The van der Waals surface area contributed by atoms with E-state index >= 15 is 0 Å². The van der Waals surface area contributed by atoms with Crippen LogP contribution in [-0.4, -0.2) is 61.8 Å². The molecule has 0 saturated carbocycles. The van der Waals surface area contributed by atoms with Crippen LogP contribution < -0.4 is 10.2 Å². The van der Waals surface area contributed by atoms with Crippen LogP contribution in [0.3, 0.4) is 0 Å². The summed E-state index contributed by atoms with van der Waals surface area (Å²) in [4.78, 5) is 26.1. The molecule has 2 atom stereocenters. The monoisotopic (exact) mass is 397 g/mol. The van der Waals surface area contributed by atoms with Crippen LogP contribution >= 0.6 is 0 Å². The van der Waals surface area contributed by atoms with Crippen molar-refractivity contribution in [2.45, 2.75) is 46.1 Å². The number of nitrogens with zero attached hydrogens (tertiary/aromatic N) is 4. The molecule has 6 heteroatoms. The third-order valence-electron chi connectivity index (χ3n) is 6.36. The molecule has 0 aliphatic carbocycles. The zero-order valence-corrected chi connectivity index (χ0v) is 18.3. The molecule has 2 aliphatic rings. The standard InChI is InChI=1S/C23H35N5O/c1-6-7-19-21(13-25-17(3)23(19)24-4)28-14-16(2)20(15-28)26-22(29)12-18-8-10-27(5)11-9-18/h6-7,13,16,18,20H,4,8-12,14-15H2,1-3,5H3,(H,26,29)/b7-6-/t16-,20+/m1/s1. The van der Waals surface area contributed by atoms with Crippen LogP contribution in [0.25, 0.3) is 6.08 Å². The number of amides is 1. The Morgan fingerprint density at radius 1 is 1.38 bits per heavy atom. The predicted octanol–water partition coefficient (Wildman–Crippen LogP) is 3.43. The van der Waals surface area contributed by atoms with E-state index in [2.05, 4.69) is 51.9 Å². The first-order chi connectivity index (χ1) is 13.9. The number of piperidine rings is 1. The maximum Gasteiger partial charge on any atom is 0.220 e. The van der Waals surface area contributed by atoms with Crippen molar-refractivity contribution in [2.75, 3.05) is 38.1 Å². The maximum absolute atomic E-state index is 12.7. The average molecular weight is 398 g/mol. The fourth-order valence-corrected chi connectivity index (χ4v) is 4.53. The Bertz CT molecular complexity index is 767. The molecule has 1 amide bonds. The largest absolute Gasteiger partial charge is 0.367 e. The quantitative estimate of drug-likeness (QED) is 0.747. The molecule has 1 N–H and O–H groups in total. The summed E-state index contributed by atoms with van der Waals surface area (Å²) in [6, 6.07) is 0.161. The lowest BCUT2D eigenvalue weighted by Gasteiger charge is -2.29. The molecule has 1 aromatic rings. The highest BCUT2D eigenvalue weighted by molar-refractivity contribution is 5.79. The van der Waals surface area contributed by atoms with Crippen LogP contribution in [0.5, 0.6) is 0 Å². The molecule has 0 radical (unpaired) electrons. The smallest absolute Gasteiger partial charge is 0.220 e. The molecule has 29 heavy (non-hydrogen) atoms. The maximum atomic E-state index is 12.7. The molecule has 1 aromatic heterocycles. The highest BCUT2D eigenvalue weighted by Gasteiger charge is 2.33. The molecule has 0 unspecified atom stereocenters. The fraction of sp³-hybridized carbons (Fsp3) is 0.609. The summed E-state index contributed by atoms with van der Waals surface area (Å²) in [6.45, 7) is 13.8. The number of aliphatic imine (C=N–C) groups is 1. The van der Waals surface area contributed by atoms with Gasteiger partial charge in [0.2, 0.25) is 5.91 Å². The number of nitrogens with one attached hydrogen (secondary N) is 1. The van der Waals surface area contributed by atoms with Gasteiger partial charge in [-0.3, -0.25) is 14.8 Å². The van der Waals surface area contributed by atoms with Crippen molar-refractivity contribution in [3.8, 4) is 0 Å². The van der Waals surface area contributed by atoms with E-state index in [1.807, 2.05) is 26.1 Å². The SMILES string of the molecule is C=Nc1c(C)ncc(N2C[C@@H](C)[C@@H](NC(=O)CC3CCN(C)CC3)C2)c1/C=C\C. The first kappa shape index (κ1) is 21.5. The van der Waals surface area contributed by atoms with Gasteiger partial charge in [0.15, 0.2) is 0 Å². The molecule has 6 nitrogen and oxygen atoms in total. The summed E-state index contributed by atoms with van der Waals surface area (Å²) >= 11 is 0. The summed E-state index contributed by atoms with van der Waals surface area (Å²) in [5, 5.41) is 3.31. The summed E-state index contributed by atoms with van der Waals surface area (Å²) < 4.78 is 0. The van der Waals surface area contributed by atoms with Crippen molar-refractivity contribution in [1.82, 2.24) is 15.2 Å². The molecule has 2 saturated heterocycles. The average Bonchev–Trinajstić information content (AvgIpc) is 3.04. The molecular formula is C23H35N5O. The molecule has 3 rings (SSSR count). The van der Waals surface area contributed by atoms with Gasteiger partial charge >= 0.3 is 0 Å². The number of carbonyl (C=O) groups is 1. The first-order valence-corrected chi connectivity index (χ1v) is 10.7. The van der Waals surface area contributed by atoms with E-state index in [9.17, 15) is 4.79 Å². The van der Waals surface area contributed by atoms with Gasteiger partial charge in [0, 0.05) is 25.1 Å². The van der Waals surface area contributed by atoms with Crippen molar-refractivity contribution >= 4 is 30.1 Å². The minimum absolute atomic E-state index is 0.161. The molecule has 2 fully saturated rings. The lowest BCUT2D eigenvalue weighted by Crippen LogP contribution is -2.41.